The van der Waals surface area contributed by atoms with Crippen LogP contribution in [0.3, 0.4) is 0 Å². The maximum absolute atomic E-state index is 13.0. The molecule has 3 aromatic rings. The van der Waals surface area contributed by atoms with Gasteiger partial charge in [0.25, 0.3) is 11.5 Å². The largest absolute Gasteiger partial charge is 0.332 e. The third-order valence-corrected chi connectivity index (χ3v) is 5.88. The highest BCUT2D eigenvalue weighted by molar-refractivity contribution is 6.16. The average molecular weight is 447 g/mol. The number of nitrogens with zero attached hydrogens (tertiary/aromatic N) is 4. The van der Waals surface area contributed by atoms with Gasteiger partial charge in [0.1, 0.15) is 18.3 Å². The van der Waals surface area contributed by atoms with Gasteiger partial charge in [-0.3, -0.25) is 28.9 Å². The van der Waals surface area contributed by atoms with E-state index >= 15 is 0 Å². The van der Waals surface area contributed by atoms with E-state index in [0.717, 1.165) is 10.5 Å². The third-order valence-electron chi connectivity index (χ3n) is 5.88. The van der Waals surface area contributed by atoms with Crippen molar-refractivity contribution < 1.29 is 14.4 Å². The van der Waals surface area contributed by atoms with Crippen LogP contribution in [-0.2, 0) is 16.6 Å². The molecule has 2 aromatic carbocycles. The van der Waals surface area contributed by atoms with E-state index in [-0.39, 0.29) is 5.69 Å². The highest BCUT2D eigenvalue weighted by Gasteiger charge is 2.44. The van der Waals surface area contributed by atoms with E-state index in [1.54, 1.807) is 49.8 Å². The minimum Gasteiger partial charge on any atom is -0.318 e. The number of amides is 4. The summed E-state index contributed by atoms with van der Waals surface area (Å²) >= 11 is 0. The standard InChI is InChI=1S/C24H25N5O4/c1-15-10-12-18(13-11-15)28-17(3)22(31)27(24(28)33)14-20(30)25-21-16(2)26(4)29(23(21)32)19-8-6-5-7-9-19/h5-13,17H,14H2,1-4H3,(H,25,30)/t17-/m1/s1. The van der Waals surface area contributed by atoms with Crippen molar-refractivity contribution in [2.45, 2.75) is 26.8 Å². The monoisotopic (exact) mass is 447 g/mol. The maximum Gasteiger partial charge on any atom is 0.332 e. The molecule has 1 N–H and O–H groups in total. The molecule has 4 rings (SSSR count). The summed E-state index contributed by atoms with van der Waals surface area (Å²) in [6.45, 7) is 4.78. The van der Waals surface area contributed by atoms with Gasteiger partial charge in [0.05, 0.1) is 11.4 Å². The van der Waals surface area contributed by atoms with Crippen molar-refractivity contribution in [1.82, 2.24) is 14.3 Å². The molecule has 2 heterocycles. The molecule has 1 aliphatic rings. The van der Waals surface area contributed by atoms with Gasteiger partial charge in [-0.25, -0.2) is 9.48 Å². The number of aromatic nitrogens is 2. The fourth-order valence-corrected chi connectivity index (χ4v) is 3.95. The Labute approximate surface area is 190 Å². The predicted molar refractivity (Wildman–Crippen MR) is 125 cm³/mol. The molecule has 33 heavy (non-hydrogen) atoms. The number of carbonyl (C=O) groups is 3. The van der Waals surface area contributed by atoms with Crippen LogP contribution in [0.2, 0.25) is 0 Å². The Hall–Kier alpha value is -4.14. The van der Waals surface area contributed by atoms with Crippen molar-refractivity contribution in [3.05, 3.63) is 76.2 Å². The fraction of sp³-hybridized carbons (Fsp3) is 0.250. The summed E-state index contributed by atoms with van der Waals surface area (Å²) in [5, 5.41) is 2.60. The minimum absolute atomic E-state index is 0.105. The molecule has 4 amide bonds. The molecular weight excluding hydrogens is 422 g/mol. The number of benzene rings is 2. The normalized spacial score (nSPS) is 15.9. The number of carbonyl (C=O) groups excluding carboxylic acids is 3. The summed E-state index contributed by atoms with van der Waals surface area (Å²) in [4.78, 5) is 53.8. The summed E-state index contributed by atoms with van der Waals surface area (Å²) in [7, 11) is 1.72. The van der Waals surface area contributed by atoms with Crippen LogP contribution in [0, 0.1) is 13.8 Å². The molecule has 9 nitrogen and oxygen atoms in total. The maximum atomic E-state index is 13.0. The zero-order valence-electron chi connectivity index (χ0n) is 18.9. The summed E-state index contributed by atoms with van der Waals surface area (Å²) in [6, 6.07) is 15.0. The van der Waals surface area contributed by atoms with Crippen LogP contribution in [0.5, 0.6) is 0 Å². The lowest BCUT2D eigenvalue weighted by Gasteiger charge is -2.19. The van der Waals surface area contributed by atoms with Crippen molar-refractivity contribution >= 4 is 29.2 Å². The van der Waals surface area contributed by atoms with Gasteiger partial charge >= 0.3 is 6.03 Å². The van der Waals surface area contributed by atoms with Crippen LogP contribution in [0.25, 0.3) is 5.69 Å². The van der Waals surface area contributed by atoms with Crippen molar-refractivity contribution in [3.8, 4) is 5.69 Å². The summed E-state index contributed by atoms with van der Waals surface area (Å²) in [5.41, 5.74) is 2.52. The Kier molecular flexibility index (Phi) is 5.63. The number of rotatable bonds is 5. The molecule has 0 spiro atoms. The van der Waals surface area contributed by atoms with E-state index in [4.69, 9.17) is 0 Å². The number of para-hydroxylation sites is 1. The van der Waals surface area contributed by atoms with Gasteiger partial charge in [-0.05, 0) is 45.0 Å². The lowest BCUT2D eigenvalue weighted by Crippen LogP contribution is -2.39. The van der Waals surface area contributed by atoms with Crippen molar-refractivity contribution in [2.75, 3.05) is 16.8 Å². The molecule has 1 aliphatic heterocycles. The van der Waals surface area contributed by atoms with E-state index in [1.807, 2.05) is 37.3 Å². The molecule has 0 aliphatic carbocycles. The topological polar surface area (TPSA) is 96.7 Å². The molecule has 0 radical (unpaired) electrons. The SMILES string of the molecule is Cc1ccc(N2C(=O)N(CC(=O)Nc3c(C)n(C)n(-c4ccccc4)c3=O)C(=O)[C@H]2C)cc1. The molecule has 170 valence electrons. The first kappa shape index (κ1) is 22.1. The van der Waals surface area contributed by atoms with Crippen LogP contribution in [0.1, 0.15) is 18.2 Å². The molecule has 0 saturated carbocycles. The van der Waals surface area contributed by atoms with Gasteiger partial charge in [0.15, 0.2) is 0 Å². The molecular formula is C24H25N5O4. The van der Waals surface area contributed by atoms with Crippen LogP contribution in [-0.4, -0.2) is 44.7 Å². The van der Waals surface area contributed by atoms with Gasteiger partial charge in [0, 0.05) is 12.7 Å². The van der Waals surface area contributed by atoms with E-state index in [0.29, 0.717) is 17.1 Å². The van der Waals surface area contributed by atoms with E-state index in [2.05, 4.69) is 5.32 Å². The van der Waals surface area contributed by atoms with Crippen LogP contribution >= 0.6 is 0 Å². The Bertz CT molecular complexity index is 1290. The number of hydrogen-bond donors (Lipinski definition) is 1. The van der Waals surface area contributed by atoms with E-state index in [9.17, 15) is 19.2 Å². The van der Waals surface area contributed by atoms with E-state index < -0.39 is 36.0 Å². The predicted octanol–water partition coefficient (Wildman–Crippen LogP) is 2.59. The third kappa shape index (κ3) is 3.82. The van der Waals surface area contributed by atoms with Crippen molar-refractivity contribution in [2.24, 2.45) is 7.05 Å². The number of anilines is 2. The van der Waals surface area contributed by atoms with Crippen molar-refractivity contribution in [3.63, 3.8) is 0 Å². The number of imide groups is 1. The Morgan fingerprint density at radius 1 is 0.939 bits per heavy atom. The second-order valence-electron chi connectivity index (χ2n) is 8.07. The average Bonchev–Trinajstić information content (AvgIpc) is 3.14. The number of aryl methyl sites for hydroxylation is 1. The zero-order valence-corrected chi connectivity index (χ0v) is 18.9. The smallest absolute Gasteiger partial charge is 0.318 e. The molecule has 0 bridgehead atoms. The first-order chi connectivity index (χ1) is 15.7. The summed E-state index contributed by atoms with van der Waals surface area (Å²) < 4.78 is 3.08. The van der Waals surface area contributed by atoms with Crippen LogP contribution in [0.4, 0.5) is 16.2 Å². The van der Waals surface area contributed by atoms with Gasteiger partial charge in [-0.2, -0.15) is 0 Å². The highest BCUT2D eigenvalue weighted by atomic mass is 16.2. The zero-order chi connectivity index (χ0) is 23.9. The number of urea groups is 1. The first-order valence-electron chi connectivity index (χ1n) is 10.6. The Morgan fingerprint density at radius 2 is 1.58 bits per heavy atom. The van der Waals surface area contributed by atoms with Gasteiger partial charge in [0.2, 0.25) is 5.91 Å². The van der Waals surface area contributed by atoms with Gasteiger partial charge in [-0.15, -0.1) is 0 Å². The molecule has 1 aromatic heterocycles. The minimum atomic E-state index is -0.734. The van der Waals surface area contributed by atoms with Gasteiger partial charge < -0.3 is 5.32 Å². The molecule has 1 atom stereocenters. The fourth-order valence-electron chi connectivity index (χ4n) is 3.95. The number of hydrogen-bond acceptors (Lipinski definition) is 4. The van der Waals surface area contributed by atoms with Crippen LogP contribution in [0.15, 0.2) is 59.4 Å². The summed E-state index contributed by atoms with van der Waals surface area (Å²) in [5.74, 6) is -1.09. The molecule has 0 unspecified atom stereocenters. The Morgan fingerprint density at radius 3 is 2.21 bits per heavy atom. The lowest BCUT2D eigenvalue weighted by atomic mass is 10.2. The molecule has 1 saturated heterocycles. The summed E-state index contributed by atoms with van der Waals surface area (Å²) in [6.07, 6.45) is 0. The number of nitrogens with one attached hydrogen (secondary N) is 1. The highest BCUT2D eigenvalue weighted by Crippen LogP contribution is 2.26. The lowest BCUT2D eigenvalue weighted by molar-refractivity contribution is -0.130. The van der Waals surface area contributed by atoms with Gasteiger partial charge in [-0.1, -0.05) is 35.9 Å². The molecule has 1 fully saturated rings. The van der Waals surface area contributed by atoms with Crippen LogP contribution < -0.4 is 15.8 Å². The first-order valence-corrected chi connectivity index (χ1v) is 10.6. The second kappa shape index (κ2) is 8.42. The molecule has 9 heteroatoms. The second-order valence-corrected chi connectivity index (χ2v) is 8.07. The van der Waals surface area contributed by atoms with E-state index in [1.165, 1.54) is 9.58 Å². The van der Waals surface area contributed by atoms with Crippen molar-refractivity contribution in [1.29, 1.82) is 0 Å². The quantitative estimate of drug-likeness (QED) is 0.608. The Balaban J connectivity index is 1.55.